The molecule has 0 amide bonds. The van der Waals surface area contributed by atoms with Crippen LogP contribution in [-0.4, -0.2) is 22.1 Å². The van der Waals surface area contributed by atoms with Crippen LogP contribution in [0.5, 0.6) is 11.5 Å². The van der Waals surface area contributed by atoms with Crippen molar-refractivity contribution in [3.05, 3.63) is 46.3 Å². The largest absolute Gasteiger partial charge is 0.487 e. The Morgan fingerprint density at radius 2 is 2.00 bits per heavy atom. The molecule has 2 aromatic rings. The molecule has 1 aliphatic carbocycles. The van der Waals surface area contributed by atoms with Crippen LogP contribution in [0.1, 0.15) is 58.9 Å². The number of ether oxygens (including phenoxy) is 2. The summed E-state index contributed by atoms with van der Waals surface area (Å²) in [4.78, 5) is 16.5. The standard InChI is InChI=1S/C24H28O6/c1-22(2,30-26)10-8-15-19-14-9-11-24(15,5)29-21-13-6-7-18(25)27-16(13)12-17(20(19)21)28-23(14,3)4/h6-8,10,12,14-15,19,26H,9,11H2,1-5H3. The average Bonchev–Trinajstić information content (AvgIpc) is 2.65. The van der Waals surface area contributed by atoms with E-state index in [0.29, 0.717) is 11.5 Å². The van der Waals surface area contributed by atoms with Crippen LogP contribution in [0.25, 0.3) is 11.0 Å². The summed E-state index contributed by atoms with van der Waals surface area (Å²) in [5.74, 6) is 2.07. The van der Waals surface area contributed by atoms with Crippen molar-refractivity contribution in [1.29, 1.82) is 0 Å². The van der Waals surface area contributed by atoms with Crippen molar-refractivity contribution in [2.45, 2.75) is 70.2 Å². The maximum Gasteiger partial charge on any atom is 0.336 e. The third-order valence-electron chi connectivity index (χ3n) is 7.23. The molecule has 3 heterocycles. The van der Waals surface area contributed by atoms with E-state index in [1.807, 2.05) is 26.0 Å². The number of hydrogen-bond acceptors (Lipinski definition) is 6. The molecule has 160 valence electrons. The van der Waals surface area contributed by atoms with Crippen LogP contribution in [-0.2, 0) is 4.89 Å². The molecule has 2 bridgehead atoms. The van der Waals surface area contributed by atoms with Crippen LogP contribution >= 0.6 is 0 Å². The molecular weight excluding hydrogens is 384 g/mol. The molecule has 6 heteroatoms. The highest BCUT2D eigenvalue weighted by atomic mass is 17.1. The van der Waals surface area contributed by atoms with Crippen molar-refractivity contribution in [2.24, 2.45) is 11.8 Å². The molecule has 0 radical (unpaired) electrons. The number of rotatable bonds is 3. The predicted molar refractivity (Wildman–Crippen MR) is 112 cm³/mol. The summed E-state index contributed by atoms with van der Waals surface area (Å²) in [6.45, 7) is 10.0. The highest BCUT2D eigenvalue weighted by Gasteiger charge is 2.59. The van der Waals surface area contributed by atoms with Gasteiger partial charge < -0.3 is 13.9 Å². The van der Waals surface area contributed by atoms with E-state index in [2.05, 4.69) is 31.7 Å². The number of fused-ring (bicyclic) bond motifs is 3. The van der Waals surface area contributed by atoms with Gasteiger partial charge in [0.25, 0.3) is 0 Å². The molecule has 6 nitrogen and oxygen atoms in total. The molecule has 1 saturated carbocycles. The van der Waals surface area contributed by atoms with Crippen molar-refractivity contribution >= 4 is 11.0 Å². The first kappa shape index (κ1) is 19.6. The van der Waals surface area contributed by atoms with Crippen molar-refractivity contribution in [3.63, 3.8) is 0 Å². The second kappa shape index (κ2) is 6.11. The lowest BCUT2D eigenvalue weighted by Crippen LogP contribution is -2.58. The Balaban J connectivity index is 1.77. The summed E-state index contributed by atoms with van der Waals surface area (Å²) in [5.41, 5.74) is -0.439. The molecule has 0 saturated heterocycles. The van der Waals surface area contributed by atoms with Gasteiger partial charge in [-0.1, -0.05) is 12.2 Å². The number of benzene rings is 1. The van der Waals surface area contributed by atoms with Crippen LogP contribution in [0.2, 0.25) is 0 Å². The van der Waals surface area contributed by atoms with Gasteiger partial charge in [-0.25, -0.2) is 9.68 Å². The van der Waals surface area contributed by atoms with Crippen LogP contribution in [0, 0.1) is 11.8 Å². The molecule has 5 rings (SSSR count). The second-order valence-electron chi connectivity index (χ2n) is 10.2. The van der Waals surface area contributed by atoms with Gasteiger partial charge in [-0.2, -0.15) is 0 Å². The lowest BCUT2D eigenvalue weighted by atomic mass is 9.56. The Labute approximate surface area is 175 Å². The maximum absolute atomic E-state index is 11.8. The molecule has 4 unspecified atom stereocenters. The Morgan fingerprint density at radius 3 is 2.73 bits per heavy atom. The zero-order chi connectivity index (χ0) is 21.5. The molecule has 1 N–H and O–H groups in total. The molecule has 1 fully saturated rings. The van der Waals surface area contributed by atoms with E-state index in [9.17, 15) is 10.1 Å². The van der Waals surface area contributed by atoms with E-state index in [1.54, 1.807) is 6.07 Å². The molecule has 30 heavy (non-hydrogen) atoms. The lowest BCUT2D eigenvalue weighted by Gasteiger charge is -2.58. The SMILES string of the molecule is CC(C)(C=CC1C2c3c4cc5oc(=O)ccc5c3OC1(C)CCC2C(C)(C)O4)OO. The Hall–Kier alpha value is -2.31. The molecule has 2 aliphatic heterocycles. The minimum Gasteiger partial charge on any atom is -0.487 e. The first-order valence-electron chi connectivity index (χ1n) is 10.6. The van der Waals surface area contributed by atoms with Crippen molar-refractivity contribution in [1.82, 2.24) is 0 Å². The zero-order valence-electron chi connectivity index (χ0n) is 18.0. The smallest absolute Gasteiger partial charge is 0.336 e. The topological polar surface area (TPSA) is 78.1 Å². The summed E-state index contributed by atoms with van der Waals surface area (Å²) in [5, 5.41) is 10.0. The van der Waals surface area contributed by atoms with Crippen LogP contribution in [0.3, 0.4) is 0 Å². The Bertz CT molecular complexity index is 1110. The minimum absolute atomic E-state index is 0.0910. The van der Waals surface area contributed by atoms with Crippen LogP contribution < -0.4 is 15.1 Å². The van der Waals surface area contributed by atoms with Gasteiger partial charge in [-0.3, -0.25) is 5.26 Å². The first-order chi connectivity index (χ1) is 14.0. The quantitative estimate of drug-likeness (QED) is 0.329. The van der Waals surface area contributed by atoms with Crippen molar-refractivity contribution < 1.29 is 24.0 Å². The fourth-order valence-electron chi connectivity index (χ4n) is 5.67. The molecule has 4 atom stereocenters. The van der Waals surface area contributed by atoms with Gasteiger partial charge in [0, 0.05) is 35.4 Å². The van der Waals surface area contributed by atoms with Gasteiger partial charge >= 0.3 is 5.63 Å². The highest BCUT2D eigenvalue weighted by Crippen LogP contribution is 2.64. The first-order valence-corrected chi connectivity index (χ1v) is 10.6. The van der Waals surface area contributed by atoms with E-state index < -0.39 is 16.8 Å². The van der Waals surface area contributed by atoms with E-state index in [1.165, 1.54) is 6.07 Å². The van der Waals surface area contributed by atoms with Gasteiger partial charge in [0.15, 0.2) is 0 Å². The third-order valence-corrected chi connectivity index (χ3v) is 7.23. The molecule has 1 aromatic heterocycles. The lowest BCUT2D eigenvalue weighted by molar-refractivity contribution is -0.297. The second-order valence-corrected chi connectivity index (χ2v) is 10.2. The zero-order valence-corrected chi connectivity index (χ0v) is 18.0. The van der Waals surface area contributed by atoms with Crippen LogP contribution in [0.15, 0.2) is 39.6 Å². The molecular formula is C24H28O6. The van der Waals surface area contributed by atoms with E-state index in [-0.39, 0.29) is 17.4 Å². The van der Waals surface area contributed by atoms with E-state index in [0.717, 1.165) is 35.3 Å². The fraction of sp³-hybridized carbons (Fsp3) is 0.542. The van der Waals surface area contributed by atoms with Gasteiger partial charge in [0.05, 0.1) is 5.39 Å². The number of hydrogen-bond donors (Lipinski definition) is 1. The fourth-order valence-corrected chi connectivity index (χ4v) is 5.67. The van der Waals surface area contributed by atoms with E-state index >= 15 is 0 Å². The maximum atomic E-state index is 11.8. The Kier molecular flexibility index (Phi) is 4.00. The van der Waals surface area contributed by atoms with Crippen molar-refractivity contribution in [2.75, 3.05) is 0 Å². The summed E-state index contributed by atoms with van der Waals surface area (Å²) in [6.07, 6.45) is 5.92. The molecule has 3 aliphatic rings. The van der Waals surface area contributed by atoms with Gasteiger partial charge in [0.1, 0.15) is 33.9 Å². The summed E-state index contributed by atoms with van der Waals surface area (Å²) < 4.78 is 18.6. The Morgan fingerprint density at radius 1 is 1.23 bits per heavy atom. The minimum atomic E-state index is -0.786. The predicted octanol–water partition coefficient (Wildman–Crippen LogP) is 5.05. The highest BCUT2D eigenvalue weighted by molar-refractivity contribution is 5.88. The summed E-state index contributed by atoms with van der Waals surface area (Å²) >= 11 is 0. The van der Waals surface area contributed by atoms with Gasteiger partial charge in [-0.05, 0) is 53.5 Å². The average molecular weight is 412 g/mol. The monoisotopic (exact) mass is 412 g/mol. The van der Waals surface area contributed by atoms with Crippen LogP contribution in [0.4, 0.5) is 0 Å². The van der Waals surface area contributed by atoms with Crippen molar-refractivity contribution in [3.8, 4) is 11.5 Å². The van der Waals surface area contributed by atoms with Gasteiger partial charge in [-0.15, -0.1) is 0 Å². The van der Waals surface area contributed by atoms with Gasteiger partial charge in [0.2, 0.25) is 0 Å². The summed E-state index contributed by atoms with van der Waals surface area (Å²) in [7, 11) is 0. The summed E-state index contributed by atoms with van der Waals surface area (Å²) in [6, 6.07) is 5.05. The normalized spacial score (nSPS) is 31.5. The third kappa shape index (κ3) is 2.73. The van der Waals surface area contributed by atoms with E-state index in [4.69, 9.17) is 13.9 Å². The molecule has 0 spiro atoms. The molecule has 1 aromatic carbocycles.